The number of nitrogens with zero attached hydrogens (tertiary/aromatic N) is 1. The summed E-state index contributed by atoms with van der Waals surface area (Å²) in [5.41, 5.74) is 2.06. The van der Waals surface area contributed by atoms with Crippen molar-refractivity contribution >= 4 is 21.9 Å². The van der Waals surface area contributed by atoms with Crippen LogP contribution in [0.25, 0.3) is 0 Å². The first-order chi connectivity index (χ1) is 13.0. The minimum atomic E-state index is -0.731. The molecule has 0 aliphatic carbocycles. The molecule has 1 fully saturated rings. The first-order valence-corrected chi connectivity index (χ1v) is 9.77. The third kappa shape index (κ3) is 4.45. The number of methoxy groups -OCH3 is 2. The lowest BCUT2D eigenvalue weighted by Crippen LogP contribution is -2.41. The molecule has 0 spiro atoms. The van der Waals surface area contributed by atoms with Crippen molar-refractivity contribution in [1.29, 1.82) is 0 Å². The van der Waals surface area contributed by atoms with Gasteiger partial charge in [0.05, 0.1) is 26.2 Å². The van der Waals surface area contributed by atoms with Gasteiger partial charge in [0.15, 0.2) is 0 Å². The largest absolute Gasteiger partial charge is 0.497 e. The van der Waals surface area contributed by atoms with Crippen LogP contribution in [0.5, 0.6) is 11.5 Å². The highest BCUT2D eigenvalue weighted by atomic mass is 79.9. The Kier molecular flexibility index (Phi) is 6.39. The Bertz CT molecular complexity index is 811. The number of carboxylic acids is 1. The van der Waals surface area contributed by atoms with Crippen LogP contribution in [0, 0.1) is 5.92 Å². The van der Waals surface area contributed by atoms with E-state index < -0.39 is 5.97 Å². The van der Waals surface area contributed by atoms with Crippen molar-refractivity contribution in [2.24, 2.45) is 5.92 Å². The lowest BCUT2D eigenvalue weighted by atomic mass is 9.91. The Balaban J connectivity index is 2.09. The van der Waals surface area contributed by atoms with Crippen molar-refractivity contribution in [3.05, 3.63) is 58.1 Å². The molecule has 2 aromatic carbocycles. The highest BCUT2D eigenvalue weighted by Crippen LogP contribution is 2.39. The summed E-state index contributed by atoms with van der Waals surface area (Å²) in [4.78, 5) is 13.8. The number of hydrogen-bond acceptors (Lipinski definition) is 4. The molecular weight excluding hydrogens is 410 g/mol. The lowest BCUT2D eigenvalue weighted by Gasteiger charge is -2.38. The maximum Gasteiger partial charge on any atom is 0.307 e. The maximum absolute atomic E-state index is 11.6. The van der Waals surface area contributed by atoms with Gasteiger partial charge in [-0.2, -0.15) is 0 Å². The number of aliphatic carboxylic acids is 1. The molecule has 6 heteroatoms. The molecule has 0 radical (unpaired) electrons. The van der Waals surface area contributed by atoms with Crippen LogP contribution in [0.3, 0.4) is 0 Å². The van der Waals surface area contributed by atoms with Gasteiger partial charge in [-0.05, 0) is 55.3 Å². The zero-order valence-corrected chi connectivity index (χ0v) is 17.1. The smallest absolute Gasteiger partial charge is 0.307 e. The number of halogens is 1. The zero-order chi connectivity index (χ0) is 19.4. The zero-order valence-electron chi connectivity index (χ0n) is 15.5. The SMILES string of the molecule is COc1ccc(OC)c(C(c2cccc(Br)c2)N2CCCC(C(=O)O)C2)c1. The van der Waals surface area contributed by atoms with E-state index in [1.54, 1.807) is 14.2 Å². The predicted molar refractivity (Wildman–Crippen MR) is 107 cm³/mol. The number of rotatable bonds is 6. The van der Waals surface area contributed by atoms with E-state index in [-0.39, 0.29) is 12.0 Å². The average Bonchev–Trinajstić information content (AvgIpc) is 2.68. The number of benzene rings is 2. The molecule has 1 N–H and O–H groups in total. The van der Waals surface area contributed by atoms with Crippen LogP contribution in [0.2, 0.25) is 0 Å². The molecule has 1 aliphatic heterocycles. The van der Waals surface area contributed by atoms with E-state index in [4.69, 9.17) is 9.47 Å². The van der Waals surface area contributed by atoms with Gasteiger partial charge in [-0.3, -0.25) is 9.69 Å². The molecule has 2 unspecified atom stereocenters. The Labute approximate surface area is 168 Å². The topological polar surface area (TPSA) is 59.0 Å². The van der Waals surface area contributed by atoms with Crippen LogP contribution in [0.4, 0.5) is 0 Å². The van der Waals surface area contributed by atoms with Crippen LogP contribution in [-0.4, -0.2) is 43.3 Å². The fourth-order valence-corrected chi connectivity index (χ4v) is 4.18. The molecule has 0 saturated carbocycles. The van der Waals surface area contributed by atoms with Gasteiger partial charge in [0, 0.05) is 16.6 Å². The number of ether oxygens (including phenoxy) is 2. The van der Waals surface area contributed by atoms with Crippen molar-refractivity contribution in [2.75, 3.05) is 27.3 Å². The van der Waals surface area contributed by atoms with E-state index in [1.165, 1.54) is 0 Å². The lowest BCUT2D eigenvalue weighted by molar-refractivity contribution is -0.143. The third-order valence-electron chi connectivity index (χ3n) is 5.06. The molecule has 1 heterocycles. The van der Waals surface area contributed by atoms with Crippen LogP contribution < -0.4 is 9.47 Å². The van der Waals surface area contributed by atoms with Crippen LogP contribution >= 0.6 is 15.9 Å². The summed E-state index contributed by atoms with van der Waals surface area (Å²) in [6, 6.07) is 13.8. The van der Waals surface area contributed by atoms with Gasteiger partial charge >= 0.3 is 5.97 Å². The van der Waals surface area contributed by atoms with Crippen LogP contribution in [0.1, 0.15) is 30.0 Å². The fraction of sp³-hybridized carbons (Fsp3) is 0.381. The molecule has 2 atom stereocenters. The molecule has 1 saturated heterocycles. The predicted octanol–water partition coefficient (Wildman–Crippen LogP) is 4.35. The highest BCUT2D eigenvalue weighted by Gasteiger charge is 2.33. The minimum Gasteiger partial charge on any atom is -0.497 e. The summed E-state index contributed by atoms with van der Waals surface area (Å²) in [5.74, 6) is 0.422. The molecule has 3 rings (SSSR count). The standard InChI is InChI=1S/C21H24BrNO4/c1-26-17-8-9-19(27-2)18(12-17)20(14-5-3-7-16(22)11-14)23-10-4-6-15(13-23)21(24)25/h3,5,7-9,11-12,15,20H,4,6,10,13H2,1-2H3,(H,24,25). The molecule has 2 aromatic rings. The normalized spacial score (nSPS) is 18.7. The second-order valence-corrected chi connectivity index (χ2v) is 7.65. The Morgan fingerprint density at radius 1 is 1.22 bits per heavy atom. The van der Waals surface area contributed by atoms with Crippen molar-refractivity contribution in [2.45, 2.75) is 18.9 Å². The molecule has 1 aliphatic rings. The summed E-state index contributed by atoms with van der Waals surface area (Å²) in [6.07, 6.45) is 1.57. The Morgan fingerprint density at radius 3 is 2.70 bits per heavy atom. The summed E-state index contributed by atoms with van der Waals surface area (Å²) in [7, 11) is 3.29. The van der Waals surface area contributed by atoms with Gasteiger partial charge in [-0.1, -0.05) is 28.1 Å². The summed E-state index contributed by atoms with van der Waals surface area (Å²) in [5, 5.41) is 9.53. The molecule has 0 bridgehead atoms. The molecule has 27 heavy (non-hydrogen) atoms. The van der Waals surface area contributed by atoms with Crippen molar-refractivity contribution in [1.82, 2.24) is 4.90 Å². The first-order valence-electron chi connectivity index (χ1n) is 8.97. The van der Waals surface area contributed by atoms with Crippen LogP contribution in [0.15, 0.2) is 46.9 Å². The number of piperidine rings is 1. The molecule has 5 nitrogen and oxygen atoms in total. The van der Waals surface area contributed by atoms with Gasteiger partial charge in [0.1, 0.15) is 11.5 Å². The third-order valence-corrected chi connectivity index (χ3v) is 5.56. The Hall–Kier alpha value is -2.05. The van der Waals surface area contributed by atoms with Crippen LogP contribution in [-0.2, 0) is 4.79 Å². The van der Waals surface area contributed by atoms with Gasteiger partial charge < -0.3 is 14.6 Å². The van der Waals surface area contributed by atoms with E-state index in [9.17, 15) is 9.90 Å². The van der Waals surface area contributed by atoms with Crippen molar-refractivity contribution in [3.8, 4) is 11.5 Å². The van der Waals surface area contributed by atoms with E-state index in [0.717, 1.165) is 40.1 Å². The van der Waals surface area contributed by atoms with E-state index in [0.29, 0.717) is 13.0 Å². The van der Waals surface area contributed by atoms with Crippen molar-refractivity contribution < 1.29 is 19.4 Å². The van der Waals surface area contributed by atoms with Gasteiger partial charge in [0.2, 0.25) is 0 Å². The summed E-state index contributed by atoms with van der Waals surface area (Å²) in [6.45, 7) is 1.34. The maximum atomic E-state index is 11.6. The van der Waals surface area contributed by atoms with E-state index in [1.807, 2.05) is 30.3 Å². The molecule has 144 valence electrons. The molecule has 0 amide bonds. The van der Waals surface area contributed by atoms with Gasteiger partial charge in [-0.15, -0.1) is 0 Å². The highest BCUT2D eigenvalue weighted by molar-refractivity contribution is 9.10. The number of hydrogen-bond donors (Lipinski definition) is 1. The minimum absolute atomic E-state index is 0.116. The van der Waals surface area contributed by atoms with E-state index in [2.05, 4.69) is 33.0 Å². The van der Waals surface area contributed by atoms with Gasteiger partial charge in [-0.25, -0.2) is 0 Å². The quantitative estimate of drug-likeness (QED) is 0.733. The Morgan fingerprint density at radius 2 is 2.04 bits per heavy atom. The first kappa shape index (κ1) is 19.7. The second kappa shape index (κ2) is 8.76. The van der Waals surface area contributed by atoms with Crippen molar-refractivity contribution in [3.63, 3.8) is 0 Å². The monoisotopic (exact) mass is 433 g/mol. The number of likely N-dealkylation sites (tertiary alicyclic amines) is 1. The number of carboxylic acid groups (broad SMARTS) is 1. The summed E-state index contributed by atoms with van der Waals surface area (Å²) < 4.78 is 12.1. The average molecular weight is 434 g/mol. The summed E-state index contributed by atoms with van der Waals surface area (Å²) >= 11 is 3.56. The van der Waals surface area contributed by atoms with Gasteiger partial charge in [0.25, 0.3) is 0 Å². The fourth-order valence-electron chi connectivity index (χ4n) is 3.76. The van der Waals surface area contributed by atoms with E-state index >= 15 is 0 Å². The molecule has 0 aromatic heterocycles. The second-order valence-electron chi connectivity index (χ2n) is 6.74. The number of carbonyl (C=O) groups is 1. The molecular formula is C21H24BrNO4.